The van der Waals surface area contributed by atoms with Crippen molar-refractivity contribution >= 4 is 33.3 Å². The molecule has 0 amide bonds. The van der Waals surface area contributed by atoms with Crippen molar-refractivity contribution in [1.29, 1.82) is 0 Å². The van der Waals surface area contributed by atoms with Gasteiger partial charge in [0.05, 0.1) is 23.3 Å². The van der Waals surface area contributed by atoms with E-state index in [0.29, 0.717) is 0 Å². The molecule has 0 saturated carbocycles. The van der Waals surface area contributed by atoms with E-state index in [-0.39, 0.29) is 5.95 Å². The number of anilines is 3. The van der Waals surface area contributed by atoms with Gasteiger partial charge < -0.3 is 11.1 Å². The number of halogens is 1. The van der Waals surface area contributed by atoms with Crippen molar-refractivity contribution in [3.63, 3.8) is 0 Å². The first-order valence-electron chi connectivity index (χ1n) is 4.77. The Morgan fingerprint density at radius 1 is 1.25 bits per heavy atom. The Balaban J connectivity index is 2.31. The van der Waals surface area contributed by atoms with Gasteiger partial charge in [0.2, 0.25) is 5.95 Å². The van der Waals surface area contributed by atoms with Gasteiger partial charge in [0.1, 0.15) is 0 Å². The summed E-state index contributed by atoms with van der Waals surface area (Å²) in [5.74, 6) is 0.287. The number of aryl methyl sites for hydroxylation is 1. The lowest BCUT2D eigenvalue weighted by molar-refractivity contribution is 1.12. The highest BCUT2D eigenvalue weighted by Gasteiger charge is 2.03. The fourth-order valence-electron chi connectivity index (χ4n) is 1.32. The van der Waals surface area contributed by atoms with Gasteiger partial charge in [-0.05, 0) is 35.0 Å². The Morgan fingerprint density at radius 3 is 2.69 bits per heavy atom. The van der Waals surface area contributed by atoms with E-state index in [1.165, 1.54) is 0 Å². The zero-order valence-electron chi connectivity index (χ0n) is 8.74. The molecule has 0 bridgehead atoms. The summed E-state index contributed by atoms with van der Waals surface area (Å²) < 4.78 is 0.992. The molecule has 0 aliphatic rings. The lowest BCUT2D eigenvalue weighted by atomic mass is 10.3. The molecular weight excluding hydrogens is 268 g/mol. The molecule has 0 radical (unpaired) electrons. The Labute approximate surface area is 102 Å². The first kappa shape index (κ1) is 10.9. The topological polar surface area (TPSA) is 63.8 Å². The standard InChI is InChI=1S/C11H11BrN4/c1-7-10(6-14-11(13)15-7)16-9-5-3-2-4-8(9)12/h2-6,16H,1H3,(H2,13,14,15). The van der Waals surface area contributed by atoms with Crippen LogP contribution < -0.4 is 11.1 Å². The highest BCUT2D eigenvalue weighted by Crippen LogP contribution is 2.26. The molecule has 5 heteroatoms. The average molecular weight is 279 g/mol. The Hall–Kier alpha value is -1.62. The maximum Gasteiger partial charge on any atom is 0.220 e. The van der Waals surface area contributed by atoms with Crippen LogP contribution >= 0.6 is 15.9 Å². The molecule has 4 nitrogen and oxygen atoms in total. The van der Waals surface area contributed by atoms with Crippen LogP contribution in [0.5, 0.6) is 0 Å². The molecule has 0 atom stereocenters. The van der Waals surface area contributed by atoms with Crippen molar-refractivity contribution in [3.05, 3.63) is 40.6 Å². The van der Waals surface area contributed by atoms with E-state index >= 15 is 0 Å². The maximum absolute atomic E-state index is 5.49. The van der Waals surface area contributed by atoms with Crippen molar-refractivity contribution < 1.29 is 0 Å². The zero-order chi connectivity index (χ0) is 11.5. The van der Waals surface area contributed by atoms with Crippen LogP contribution in [0.2, 0.25) is 0 Å². The summed E-state index contributed by atoms with van der Waals surface area (Å²) >= 11 is 3.46. The molecule has 0 spiro atoms. The number of nitrogens with zero attached hydrogens (tertiary/aromatic N) is 2. The number of hydrogen-bond donors (Lipinski definition) is 2. The molecule has 1 aromatic carbocycles. The number of rotatable bonds is 2. The first-order chi connectivity index (χ1) is 7.66. The van der Waals surface area contributed by atoms with E-state index < -0.39 is 0 Å². The molecule has 0 unspecified atom stereocenters. The number of para-hydroxylation sites is 1. The molecule has 3 N–H and O–H groups in total. The van der Waals surface area contributed by atoms with Crippen molar-refractivity contribution in [2.45, 2.75) is 6.92 Å². The molecule has 1 heterocycles. The molecule has 82 valence electrons. The van der Waals surface area contributed by atoms with E-state index in [4.69, 9.17) is 5.73 Å². The van der Waals surface area contributed by atoms with Gasteiger partial charge in [0.15, 0.2) is 0 Å². The maximum atomic E-state index is 5.49. The molecule has 2 aromatic rings. The molecule has 16 heavy (non-hydrogen) atoms. The van der Waals surface area contributed by atoms with Gasteiger partial charge in [0, 0.05) is 4.47 Å². The van der Waals surface area contributed by atoms with Gasteiger partial charge in [-0.1, -0.05) is 12.1 Å². The van der Waals surface area contributed by atoms with Gasteiger partial charge in [-0.25, -0.2) is 9.97 Å². The van der Waals surface area contributed by atoms with Gasteiger partial charge in [-0.2, -0.15) is 0 Å². The van der Waals surface area contributed by atoms with Crippen molar-refractivity contribution in [2.75, 3.05) is 11.1 Å². The summed E-state index contributed by atoms with van der Waals surface area (Å²) in [6.45, 7) is 1.89. The largest absolute Gasteiger partial charge is 0.368 e. The summed E-state index contributed by atoms with van der Waals surface area (Å²) in [6, 6.07) is 7.86. The van der Waals surface area contributed by atoms with E-state index in [2.05, 4.69) is 31.2 Å². The smallest absolute Gasteiger partial charge is 0.220 e. The monoisotopic (exact) mass is 278 g/mol. The van der Waals surface area contributed by atoms with E-state index in [1.54, 1.807) is 6.20 Å². The SMILES string of the molecule is Cc1nc(N)ncc1Nc1ccccc1Br. The second-order valence-corrected chi connectivity index (χ2v) is 4.19. The minimum Gasteiger partial charge on any atom is -0.368 e. The van der Waals surface area contributed by atoms with Crippen molar-refractivity contribution in [2.24, 2.45) is 0 Å². The normalized spacial score (nSPS) is 10.1. The van der Waals surface area contributed by atoms with Crippen LogP contribution in [0, 0.1) is 6.92 Å². The van der Waals surface area contributed by atoms with Crippen LogP contribution in [0.1, 0.15) is 5.69 Å². The molecule has 1 aromatic heterocycles. The van der Waals surface area contributed by atoms with E-state index in [1.807, 2.05) is 31.2 Å². The van der Waals surface area contributed by atoms with Crippen LogP contribution in [0.15, 0.2) is 34.9 Å². The van der Waals surface area contributed by atoms with Gasteiger partial charge >= 0.3 is 0 Å². The fourth-order valence-corrected chi connectivity index (χ4v) is 1.70. The summed E-state index contributed by atoms with van der Waals surface area (Å²) in [6.07, 6.45) is 1.68. The third kappa shape index (κ3) is 2.30. The van der Waals surface area contributed by atoms with E-state index in [9.17, 15) is 0 Å². The second-order valence-electron chi connectivity index (χ2n) is 3.33. The fraction of sp³-hybridized carbons (Fsp3) is 0.0909. The minimum atomic E-state index is 0.287. The second kappa shape index (κ2) is 4.49. The third-order valence-corrected chi connectivity index (χ3v) is 2.83. The molecule has 2 rings (SSSR count). The number of aromatic nitrogens is 2. The third-order valence-electron chi connectivity index (χ3n) is 2.14. The molecule has 0 fully saturated rings. The van der Waals surface area contributed by atoms with Crippen molar-refractivity contribution in [1.82, 2.24) is 9.97 Å². The zero-order valence-corrected chi connectivity index (χ0v) is 10.3. The summed E-state index contributed by atoms with van der Waals surface area (Å²) in [4.78, 5) is 8.04. The minimum absolute atomic E-state index is 0.287. The highest BCUT2D eigenvalue weighted by atomic mass is 79.9. The Kier molecular flexibility index (Phi) is 3.05. The van der Waals surface area contributed by atoms with Crippen LogP contribution in [-0.2, 0) is 0 Å². The van der Waals surface area contributed by atoms with Crippen molar-refractivity contribution in [3.8, 4) is 0 Å². The molecular formula is C11H11BrN4. The Bertz CT molecular complexity index is 513. The number of nitrogens with one attached hydrogen (secondary N) is 1. The van der Waals surface area contributed by atoms with Crippen LogP contribution in [0.4, 0.5) is 17.3 Å². The van der Waals surface area contributed by atoms with E-state index in [0.717, 1.165) is 21.5 Å². The Morgan fingerprint density at radius 2 is 2.00 bits per heavy atom. The molecule has 0 saturated heterocycles. The number of hydrogen-bond acceptors (Lipinski definition) is 4. The molecule has 0 aliphatic carbocycles. The predicted molar refractivity (Wildman–Crippen MR) is 68.6 cm³/mol. The first-order valence-corrected chi connectivity index (χ1v) is 5.57. The number of nitrogens with two attached hydrogens (primary N) is 1. The summed E-state index contributed by atoms with van der Waals surface area (Å²) in [5, 5.41) is 3.24. The summed E-state index contributed by atoms with van der Waals surface area (Å²) in [7, 11) is 0. The van der Waals surface area contributed by atoms with Gasteiger partial charge in [-0.15, -0.1) is 0 Å². The van der Waals surface area contributed by atoms with Gasteiger partial charge in [0.25, 0.3) is 0 Å². The van der Waals surface area contributed by atoms with Gasteiger partial charge in [-0.3, -0.25) is 0 Å². The molecule has 0 aliphatic heterocycles. The van der Waals surface area contributed by atoms with Crippen LogP contribution in [-0.4, -0.2) is 9.97 Å². The lowest BCUT2D eigenvalue weighted by Crippen LogP contribution is -2.01. The average Bonchev–Trinajstić information content (AvgIpc) is 2.25. The summed E-state index contributed by atoms with van der Waals surface area (Å²) in [5.41, 5.74) is 8.13. The number of nitrogen functional groups attached to an aromatic ring is 1. The highest BCUT2D eigenvalue weighted by molar-refractivity contribution is 9.10. The quantitative estimate of drug-likeness (QED) is 0.887. The van der Waals surface area contributed by atoms with Crippen LogP contribution in [0.3, 0.4) is 0 Å². The predicted octanol–water partition coefficient (Wildman–Crippen LogP) is 2.87. The van der Waals surface area contributed by atoms with Crippen LogP contribution in [0.25, 0.3) is 0 Å². The number of benzene rings is 1. The lowest BCUT2D eigenvalue weighted by Gasteiger charge is -2.09.